The van der Waals surface area contributed by atoms with Crippen LogP contribution in [0.2, 0.25) is 0 Å². The Kier molecular flexibility index (Phi) is 3.61. The lowest BCUT2D eigenvalue weighted by Crippen LogP contribution is -2.31. The molecule has 2 aromatic rings. The monoisotopic (exact) mass is 249 g/mol. The van der Waals surface area contributed by atoms with Gasteiger partial charge >= 0.3 is 0 Å². The van der Waals surface area contributed by atoms with Crippen molar-refractivity contribution in [3.05, 3.63) is 6.20 Å². The van der Waals surface area contributed by atoms with Crippen LogP contribution in [0.1, 0.15) is 26.7 Å². The molecule has 0 atom stereocenters. The van der Waals surface area contributed by atoms with Crippen LogP contribution in [0.25, 0.3) is 11.0 Å². The molecule has 4 N–H and O–H groups in total. The number of aromatic amines is 1. The molecule has 0 aliphatic heterocycles. The number of hydrogen-bond donors (Lipinski definition) is 3. The van der Waals surface area contributed by atoms with Gasteiger partial charge in [-0.25, -0.2) is 5.84 Å². The standard InChI is InChI=1S/C11H19N7/c1-4-7(5-2)18(3)10-8-6-13-17-9(8)14-11(15-10)16-12/h6-7H,4-5,12H2,1-3H3,(H2,13,14,15,16,17). The highest BCUT2D eigenvalue weighted by atomic mass is 15.3. The van der Waals surface area contributed by atoms with Crippen LogP contribution in [0.3, 0.4) is 0 Å². The Morgan fingerprint density at radius 3 is 2.72 bits per heavy atom. The largest absolute Gasteiger partial charge is 0.356 e. The number of nitrogen functional groups attached to an aromatic ring is 1. The highest BCUT2D eigenvalue weighted by Gasteiger charge is 2.17. The Morgan fingerprint density at radius 2 is 2.11 bits per heavy atom. The van der Waals surface area contributed by atoms with Gasteiger partial charge in [0.2, 0.25) is 5.95 Å². The molecule has 0 aromatic carbocycles. The van der Waals surface area contributed by atoms with Gasteiger partial charge in [0.15, 0.2) is 5.65 Å². The number of hydrogen-bond acceptors (Lipinski definition) is 6. The van der Waals surface area contributed by atoms with Crippen LogP contribution in [0.5, 0.6) is 0 Å². The third-order valence-electron chi connectivity index (χ3n) is 3.24. The van der Waals surface area contributed by atoms with E-state index in [9.17, 15) is 0 Å². The molecule has 0 radical (unpaired) electrons. The first-order chi connectivity index (χ1) is 8.71. The first-order valence-electron chi connectivity index (χ1n) is 6.11. The molecule has 18 heavy (non-hydrogen) atoms. The Morgan fingerprint density at radius 1 is 1.39 bits per heavy atom. The summed E-state index contributed by atoms with van der Waals surface area (Å²) >= 11 is 0. The van der Waals surface area contributed by atoms with Crippen LogP contribution in [0, 0.1) is 0 Å². The fourth-order valence-corrected chi connectivity index (χ4v) is 2.16. The van der Waals surface area contributed by atoms with Gasteiger partial charge in [-0.2, -0.15) is 15.1 Å². The number of rotatable bonds is 5. The van der Waals surface area contributed by atoms with Gasteiger partial charge < -0.3 is 4.90 Å². The molecule has 0 aliphatic carbocycles. The van der Waals surface area contributed by atoms with Crippen molar-refractivity contribution in [2.45, 2.75) is 32.7 Å². The molecule has 0 saturated carbocycles. The van der Waals surface area contributed by atoms with Gasteiger partial charge in [-0.3, -0.25) is 10.5 Å². The summed E-state index contributed by atoms with van der Waals surface area (Å²) in [4.78, 5) is 10.8. The molecule has 0 saturated heterocycles. The number of hydrazine groups is 1. The van der Waals surface area contributed by atoms with Gasteiger partial charge in [0.05, 0.1) is 11.6 Å². The number of H-pyrrole nitrogens is 1. The van der Waals surface area contributed by atoms with E-state index in [-0.39, 0.29) is 0 Å². The molecule has 7 heteroatoms. The summed E-state index contributed by atoms with van der Waals surface area (Å²) in [5, 5.41) is 7.76. The van der Waals surface area contributed by atoms with Crippen molar-refractivity contribution in [1.82, 2.24) is 20.2 Å². The number of anilines is 2. The van der Waals surface area contributed by atoms with Crippen LogP contribution >= 0.6 is 0 Å². The normalized spacial score (nSPS) is 11.2. The summed E-state index contributed by atoms with van der Waals surface area (Å²) < 4.78 is 0. The van der Waals surface area contributed by atoms with Gasteiger partial charge in [0.25, 0.3) is 0 Å². The van der Waals surface area contributed by atoms with Crippen LogP contribution in [0.15, 0.2) is 6.20 Å². The molecule has 0 amide bonds. The lowest BCUT2D eigenvalue weighted by Gasteiger charge is -2.27. The number of nitrogens with two attached hydrogens (primary N) is 1. The van der Waals surface area contributed by atoms with E-state index in [1.807, 2.05) is 7.05 Å². The van der Waals surface area contributed by atoms with Crippen LogP contribution < -0.4 is 16.2 Å². The summed E-state index contributed by atoms with van der Waals surface area (Å²) in [5.74, 6) is 6.62. The van der Waals surface area contributed by atoms with Crippen LogP contribution in [-0.2, 0) is 0 Å². The SMILES string of the molecule is CCC(CC)N(C)c1nc(NN)nc2[nH]ncc12. The van der Waals surface area contributed by atoms with Crippen molar-refractivity contribution in [2.24, 2.45) is 5.84 Å². The quantitative estimate of drug-likeness (QED) is 0.545. The highest BCUT2D eigenvalue weighted by molar-refractivity contribution is 5.87. The molecular weight excluding hydrogens is 230 g/mol. The zero-order chi connectivity index (χ0) is 13.1. The molecule has 2 rings (SSSR count). The summed E-state index contributed by atoms with van der Waals surface area (Å²) in [5.41, 5.74) is 3.17. The number of nitrogens with one attached hydrogen (secondary N) is 2. The minimum absolute atomic E-state index is 0.388. The first kappa shape index (κ1) is 12.6. The minimum atomic E-state index is 0.388. The average Bonchev–Trinajstić information content (AvgIpc) is 2.86. The van der Waals surface area contributed by atoms with E-state index in [1.54, 1.807) is 6.20 Å². The van der Waals surface area contributed by atoms with E-state index in [2.05, 4.69) is 44.3 Å². The topological polar surface area (TPSA) is 95.8 Å². The van der Waals surface area contributed by atoms with E-state index in [1.165, 1.54) is 0 Å². The Balaban J connectivity index is 2.50. The molecule has 98 valence electrons. The lowest BCUT2D eigenvalue weighted by molar-refractivity contribution is 0.588. The Labute approximate surface area is 106 Å². The van der Waals surface area contributed by atoms with E-state index in [4.69, 9.17) is 5.84 Å². The Hall–Kier alpha value is -1.89. The maximum Gasteiger partial charge on any atom is 0.241 e. The van der Waals surface area contributed by atoms with Gasteiger partial charge in [-0.05, 0) is 12.8 Å². The third kappa shape index (κ3) is 2.08. The van der Waals surface area contributed by atoms with Gasteiger partial charge in [-0.1, -0.05) is 13.8 Å². The molecule has 0 unspecified atom stereocenters. The fourth-order valence-electron chi connectivity index (χ4n) is 2.16. The highest BCUT2D eigenvalue weighted by Crippen LogP contribution is 2.25. The average molecular weight is 249 g/mol. The van der Waals surface area contributed by atoms with E-state index >= 15 is 0 Å². The number of fused-ring (bicyclic) bond motifs is 1. The molecule has 0 bridgehead atoms. The number of aromatic nitrogens is 4. The molecule has 2 aromatic heterocycles. The zero-order valence-electron chi connectivity index (χ0n) is 10.9. The molecule has 2 heterocycles. The molecule has 0 spiro atoms. The van der Waals surface area contributed by atoms with Crippen molar-refractivity contribution in [2.75, 3.05) is 17.4 Å². The second kappa shape index (κ2) is 5.18. The van der Waals surface area contributed by atoms with Crippen molar-refractivity contribution in [3.8, 4) is 0 Å². The first-order valence-corrected chi connectivity index (χ1v) is 6.11. The number of nitrogens with zero attached hydrogens (tertiary/aromatic N) is 4. The zero-order valence-corrected chi connectivity index (χ0v) is 10.9. The second-order valence-corrected chi connectivity index (χ2v) is 4.23. The van der Waals surface area contributed by atoms with Crippen molar-refractivity contribution in [1.29, 1.82) is 0 Å². The van der Waals surface area contributed by atoms with E-state index < -0.39 is 0 Å². The van der Waals surface area contributed by atoms with Gasteiger partial charge in [-0.15, -0.1) is 0 Å². The van der Waals surface area contributed by atoms with Gasteiger partial charge in [0, 0.05) is 13.1 Å². The predicted octanol–water partition coefficient (Wildman–Crippen LogP) is 1.26. The molecule has 0 aliphatic rings. The summed E-state index contributed by atoms with van der Waals surface area (Å²) in [6, 6.07) is 0.434. The minimum Gasteiger partial charge on any atom is -0.356 e. The van der Waals surface area contributed by atoms with Crippen LogP contribution in [0.4, 0.5) is 11.8 Å². The van der Waals surface area contributed by atoms with Crippen LogP contribution in [-0.4, -0.2) is 33.3 Å². The third-order valence-corrected chi connectivity index (χ3v) is 3.24. The van der Waals surface area contributed by atoms with E-state index in [0.29, 0.717) is 17.6 Å². The van der Waals surface area contributed by atoms with Crippen molar-refractivity contribution < 1.29 is 0 Å². The van der Waals surface area contributed by atoms with Crippen molar-refractivity contribution >= 4 is 22.8 Å². The lowest BCUT2D eigenvalue weighted by atomic mass is 10.1. The summed E-state index contributed by atoms with van der Waals surface area (Å²) in [6.45, 7) is 4.33. The molecule has 0 fully saturated rings. The maximum absolute atomic E-state index is 5.39. The second-order valence-electron chi connectivity index (χ2n) is 4.23. The maximum atomic E-state index is 5.39. The van der Waals surface area contributed by atoms with Gasteiger partial charge in [0.1, 0.15) is 5.82 Å². The van der Waals surface area contributed by atoms with E-state index in [0.717, 1.165) is 24.0 Å². The Bertz CT molecular complexity index is 517. The summed E-state index contributed by atoms with van der Waals surface area (Å²) in [7, 11) is 2.03. The summed E-state index contributed by atoms with van der Waals surface area (Å²) in [6.07, 6.45) is 3.85. The molecular formula is C11H19N7. The van der Waals surface area contributed by atoms with Crippen molar-refractivity contribution in [3.63, 3.8) is 0 Å². The smallest absolute Gasteiger partial charge is 0.241 e. The predicted molar refractivity (Wildman–Crippen MR) is 72.3 cm³/mol. The fraction of sp³-hybridized carbons (Fsp3) is 0.545. The molecule has 7 nitrogen and oxygen atoms in total.